The van der Waals surface area contributed by atoms with Crippen molar-refractivity contribution in [2.45, 2.75) is 19.9 Å². The lowest BCUT2D eigenvalue weighted by Gasteiger charge is -2.23. The Bertz CT molecular complexity index is 628. The van der Waals surface area contributed by atoms with Crippen molar-refractivity contribution in [3.8, 4) is 0 Å². The average Bonchev–Trinajstić information content (AvgIpc) is 2.49. The molecule has 2 rings (SSSR count). The van der Waals surface area contributed by atoms with Crippen LogP contribution in [-0.4, -0.2) is 17.4 Å². The van der Waals surface area contributed by atoms with Gasteiger partial charge < -0.3 is 10.6 Å². The molecule has 110 valence electrons. The van der Waals surface area contributed by atoms with E-state index in [2.05, 4.69) is 0 Å². The summed E-state index contributed by atoms with van der Waals surface area (Å²) in [5, 5.41) is 0.477. The highest BCUT2D eigenvalue weighted by Crippen LogP contribution is 2.20. The van der Waals surface area contributed by atoms with E-state index in [1.165, 1.54) is 0 Å². The maximum absolute atomic E-state index is 12.7. The van der Waals surface area contributed by atoms with Crippen LogP contribution in [0.1, 0.15) is 29.3 Å². The largest absolute Gasteiger partial charge is 0.398 e. The normalized spacial score (nSPS) is 10.4. The maximum Gasteiger partial charge on any atom is 0.255 e. The number of para-hydroxylation sites is 1. The molecule has 2 aromatic carbocycles. The second-order valence-electron chi connectivity index (χ2n) is 4.91. The molecule has 21 heavy (non-hydrogen) atoms. The molecular formula is C17H19ClN2O. The van der Waals surface area contributed by atoms with E-state index in [1.54, 1.807) is 17.0 Å². The van der Waals surface area contributed by atoms with Crippen LogP contribution >= 0.6 is 11.6 Å². The molecule has 0 saturated heterocycles. The molecule has 0 aromatic heterocycles. The molecule has 0 unspecified atom stereocenters. The van der Waals surface area contributed by atoms with Crippen LogP contribution in [0.3, 0.4) is 0 Å². The van der Waals surface area contributed by atoms with Gasteiger partial charge in [-0.1, -0.05) is 48.9 Å². The Hall–Kier alpha value is -2.00. The van der Waals surface area contributed by atoms with Gasteiger partial charge in [-0.3, -0.25) is 4.79 Å². The molecule has 0 saturated carbocycles. The van der Waals surface area contributed by atoms with Crippen LogP contribution in [0.15, 0.2) is 48.5 Å². The van der Waals surface area contributed by atoms with Crippen LogP contribution in [0.5, 0.6) is 0 Å². The minimum Gasteiger partial charge on any atom is -0.398 e. The van der Waals surface area contributed by atoms with Gasteiger partial charge in [-0.05, 0) is 30.2 Å². The summed E-state index contributed by atoms with van der Waals surface area (Å²) in [6, 6.07) is 14.7. The Morgan fingerprint density at radius 2 is 1.81 bits per heavy atom. The lowest BCUT2D eigenvalue weighted by Crippen LogP contribution is -2.31. The molecule has 0 fully saturated rings. The summed E-state index contributed by atoms with van der Waals surface area (Å²) >= 11 is 6.13. The Morgan fingerprint density at radius 1 is 1.14 bits per heavy atom. The first-order valence-electron chi connectivity index (χ1n) is 7.00. The Balaban J connectivity index is 2.25. The average molecular weight is 303 g/mol. The minimum atomic E-state index is -0.0642. The number of rotatable bonds is 5. The van der Waals surface area contributed by atoms with Crippen molar-refractivity contribution in [3.63, 3.8) is 0 Å². The number of carbonyl (C=O) groups excluding carboxylic acids is 1. The molecule has 0 atom stereocenters. The second kappa shape index (κ2) is 7.14. The Morgan fingerprint density at radius 3 is 2.48 bits per heavy atom. The van der Waals surface area contributed by atoms with Crippen molar-refractivity contribution in [1.29, 1.82) is 0 Å². The zero-order valence-corrected chi connectivity index (χ0v) is 12.8. The highest BCUT2D eigenvalue weighted by Gasteiger charge is 2.18. The second-order valence-corrected chi connectivity index (χ2v) is 5.31. The van der Waals surface area contributed by atoms with Crippen LogP contribution in [0, 0.1) is 0 Å². The van der Waals surface area contributed by atoms with Crippen LogP contribution in [0.4, 0.5) is 5.69 Å². The summed E-state index contributed by atoms with van der Waals surface area (Å²) in [5.74, 6) is -0.0642. The number of nitrogen functional groups attached to an aromatic ring is 1. The number of nitrogens with two attached hydrogens (primary N) is 1. The van der Waals surface area contributed by atoms with Gasteiger partial charge in [0, 0.05) is 18.8 Å². The quantitative estimate of drug-likeness (QED) is 0.849. The minimum absolute atomic E-state index is 0.0642. The first-order chi connectivity index (χ1) is 10.1. The third-order valence-corrected chi connectivity index (χ3v) is 3.63. The third kappa shape index (κ3) is 3.76. The molecule has 4 heteroatoms. The lowest BCUT2D eigenvalue weighted by molar-refractivity contribution is 0.0744. The molecule has 1 amide bonds. The van der Waals surface area contributed by atoms with E-state index in [9.17, 15) is 4.79 Å². The lowest BCUT2D eigenvalue weighted by atomic mass is 10.1. The summed E-state index contributed by atoms with van der Waals surface area (Å²) in [7, 11) is 0. The zero-order chi connectivity index (χ0) is 15.2. The number of hydrogen-bond donors (Lipinski definition) is 1. The Labute approximate surface area is 130 Å². The molecule has 0 radical (unpaired) electrons. The monoisotopic (exact) mass is 302 g/mol. The van der Waals surface area contributed by atoms with Crippen LogP contribution < -0.4 is 5.73 Å². The first-order valence-corrected chi connectivity index (χ1v) is 7.38. The highest BCUT2D eigenvalue weighted by molar-refractivity contribution is 6.33. The van der Waals surface area contributed by atoms with Gasteiger partial charge in [-0.25, -0.2) is 0 Å². The number of nitrogens with zero attached hydrogens (tertiary/aromatic N) is 1. The summed E-state index contributed by atoms with van der Waals surface area (Å²) in [6.07, 6.45) is 0.878. The SMILES string of the molecule is CCCN(Cc1ccccc1N)C(=O)c1ccccc1Cl. The smallest absolute Gasteiger partial charge is 0.255 e. The van der Waals surface area contributed by atoms with E-state index >= 15 is 0 Å². The molecule has 0 spiro atoms. The summed E-state index contributed by atoms with van der Waals surface area (Å²) in [6.45, 7) is 3.20. The molecule has 0 aliphatic rings. The summed E-state index contributed by atoms with van der Waals surface area (Å²) in [5.41, 5.74) is 8.15. The van der Waals surface area contributed by atoms with E-state index in [-0.39, 0.29) is 5.91 Å². The summed E-state index contributed by atoms with van der Waals surface area (Å²) in [4.78, 5) is 14.5. The molecule has 3 nitrogen and oxygen atoms in total. The van der Waals surface area contributed by atoms with Gasteiger partial charge >= 0.3 is 0 Å². The fourth-order valence-corrected chi connectivity index (χ4v) is 2.43. The van der Waals surface area contributed by atoms with Crippen LogP contribution in [0.25, 0.3) is 0 Å². The van der Waals surface area contributed by atoms with E-state index in [4.69, 9.17) is 17.3 Å². The van der Waals surface area contributed by atoms with Gasteiger partial charge in [-0.2, -0.15) is 0 Å². The molecule has 0 bridgehead atoms. The summed E-state index contributed by atoms with van der Waals surface area (Å²) < 4.78 is 0. The van der Waals surface area contributed by atoms with Gasteiger partial charge in [0.25, 0.3) is 5.91 Å². The van der Waals surface area contributed by atoms with E-state index in [1.807, 2.05) is 43.3 Å². The Kier molecular flexibility index (Phi) is 5.23. The van der Waals surface area contributed by atoms with Gasteiger partial charge in [0.15, 0.2) is 0 Å². The van der Waals surface area contributed by atoms with Crippen molar-refractivity contribution in [1.82, 2.24) is 4.90 Å². The fraction of sp³-hybridized carbons (Fsp3) is 0.235. The third-order valence-electron chi connectivity index (χ3n) is 3.30. The number of halogens is 1. The van der Waals surface area contributed by atoms with Crippen LogP contribution in [-0.2, 0) is 6.54 Å². The van der Waals surface area contributed by atoms with E-state index in [0.29, 0.717) is 29.4 Å². The van der Waals surface area contributed by atoms with Crippen molar-refractivity contribution in [2.24, 2.45) is 0 Å². The van der Waals surface area contributed by atoms with Crippen molar-refractivity contribution in [3.05, 3.63) is 64.7 Å². The molecule has 0 aliphatic carbocycles. The molecule has 2 N–H and O–H groups in total. The van der Waals surface area contributed by atoms with E-state index in [0.717, 1.165) is 12.0 Å². The number of benzene rings is 2. The predicted molar refractivity (Wildman–Crippen MR) is 87.3 cm³/mol. The first kappa shape index (κ1) is 15.4. The van der Waals surface area contributed by atoms with Gasteiger partial charge in [0.05, 0.1) is 10.6 Å². The van der Waals surface area contributed by atoms with Crippen LogP contribution in [0.2, 0.25) is 5.02 Å². The fourth-order valence-electron chi connectivity index (χ4n) is 2.21. The number of amides is 1. The molecule has 0 aliphatic heterocycles. The topological polar surface area (TPSA) is 46.3 Å². The zero-order valence-electron chi connectivity index (χ0n) is 12.1. The van der Waals surface area contributed by atoms with Gasteiger partial charge in [-0.15, -0.1) is 0 Å². The molecule has 2 aromatic rings. The van der Waals surface area contributed by atoms with Gasteiger partial charge in [0.2, 0.25) is 0 Å². The van der Waals surface area contributed by atoms with Gasteiger partial charge in [0.1, 0.15) is 0 Å². The number of carbonyl (C=O) groups is 1. The predicted octanol–water partition coefficient (Wildman–Crippen LogP) is 3.97. The van der Waals surface area contributed by atoms with Crippen molar-refractivity contribution < 1.29 is 4.79 Å². The number of hydrogen-bond acceptors (Lipinski definition) is 2. The molecular weight excluding hydrogens is 284 g/mol. The van der Waals surface area contributed by atoms with Crippen molar-refractivity contribution in [2.75, 3.05) is 12.3 Å². The highest BCUT2D eigenvalue weighted by atomic mass is 35.5. The number of anilines is 1. The van der Waals surface area contributed by atoms with Crippen molar-refractivity contribution >= 4 is 23.2 Å². The molecule has 0 heterocycles. The maximum atomic E-state index is 12.7. The van der Waals surface area contributed by atoms with E-state index < -0.39 is 0 Å². The standard InChI is InChI=1S/C17H19ClN2O/c1-2-11-20(12-13-7-3-6-10-16(13)19)17(21)14-8-4-5-9-15(14)18/h3-10H,2,11-12,19H2,1H3.